The lowest BCUT2D eigenvalue weighted by atomic mass is 9.96. The Bertz CT molecular complexity index is 1230. The number of benzene rings is 2. The average Bonchev–Trinajstić information content (AvgIpc) is 3.08. The summed E-state index contributed by atoms with van der Waals surface area (Å²) in [4.78, 5) is 0.547. The molecule has 1 saturated heterocycles. The van der Waals surface area contributed by atoms with Gasteiger partial charge in [-0.05, 0) is 55.9 Å². The fourth-order valence-corrected chi connectivity index (χ4v) is 7.99. The predicted octanol–water partition coefficient (Wildman–Crippen LogP) is 3.83. The molecule has 2 heterocycles. The highest BCUT2D eigenvalue weighted by atomic mass is 32.2. The molecule has 0 saturated carbocycles. The van der Waals surface area contributed by atoms with Crippen LogP contribution < -0.4 is 0 Å². The van der Waals surface area contributed by atoms with Gasteiger partial charge in [-0.15, -0.1) is 0 Å². The van der Waals surface area contributed by atoms with E-state index in [1.165, 1.54) is 4.31 Å². The number of hydrogen-bond acceptors (Lipinski definition) is 4. The number of rotatable bonds is 5. The Labute approximate surface area is 198 Å². The molecule has 3 atom stereocenters. The van der Waals surface area contributed by atoms with Crippen LogP contribution in [0.15, 0.2) is 70.5 Å². The zero-order chi connectivity index (χ0) is 24.0. The van der Waals surface area contributed by atoms with E-state index in [-0.39, 0.29) is 40.1 Å². The summed E-state index contributed by atoms with van der Waals surface area (Å²) >= 11 is 0. The molecule has 1 fully saturated rings. The smallest absolute Gasteiger partial charge is 0.207 e. The summed E-state index contributed by atoms with van der Waals surface area (Å²) in [6.45, 7) is 8.83. The largest absolute Gasteiger partial charge is 0.243 e. The molecule has 0 aliphatic carbocycles. The van der Waals surface area contributed by atoms with Gasteiger partial charge in [0, 0.05) is 25.7 Å². The van der Waals surface area contributed by atoms with E-state index in [0.717, 1.165) is 11.1 Å². The number of hydrogen-bond donors (Lipinski definition) is 0. The lowest BCUT2D eigenvalue weighted by Crippen LogP contribution is -2.44. The first kappa shape index (κ1) is 24.1. The summed E-state index contributed by atoms with van der Waals surface area (Å²) in [6.07, 6.45) is 3.99. The normalized spacial score (nSPS) is 24.7. The highest BCUT2D eigenvalue weighted by Gasteiger charge is 2.44. The molecule has 8 heteroatoms. The van der Waals surface area contributed by atoms with E-state index in [4.69, 9.17) is 0 Å². The number of fused-ring (bicyclic) bond motifs is 1. The summed E-state index contributed by atoms with van der Waals surface area (Å²) in [5.41, 5.74) is 2.00. The molecule has 2 aliphatic rings. The Kier molecular flexibility index (Phi) is 6.57. The van der Waals surface area contributed by atoms with Crippen molar-refractivity contribution < 1.29 is 16.8 Å². The molecular formula is C25H32N2O4S2. The Balaban J connectivity index is 1.65. The molecule has 6 nitrogen and oxygen atoms in total. The van der Waals surface area contributed by atoms with Gasteiger partial charge in [0.05, 0.1) is 9.79 Å². The van der Waals surface area contributed by atoms with Crippen molar-refractivity contribution in [3.63, 3.8) is 0 Å². The zero-order valence-corrected chi connectivity index (χ0v) is 21.2. The number of aryl methyl sites for hydroxylation is 2. The van der Waals surface area contributed by atoms with Gasteiger partial charge in [0.1, 0.15) is 0 Å². The van der Waals surface area contributed by atoms with Crippen LogP contribution in [-0.2, 0) is 20.0 Å². The topological polar surface area (TPSA) is 74.8 Å². The third kappa shape index (κ3) is 4.67. The minimum Gasteiger partial charge on any atom is -0.207 e. The van der Waals surface area contributed by atoms with Crippen molar-refractivity contribution in [1.82, 2.24) is 8.61 Å². The third-order valence-corrected chi connectivity index (χ3v) is 10.5. The van der Waals surface area contributed by atoms with Crippen molar-refractivity contribution in [2.45, 2.75) is 43.5 Å². The van der Waals surface area contributed by atoms with Gasteiger partial charge in [0.15, 0.2) is 0 Å². The van der Waals surface area contributed by atoms with Crippen molar-refractivity contribution in [2.24, 2.45) is 17.8 Å². The van der Waals surface area contributed by atoms with Crippen LogP contribution in [0.4, 0.5) is 0 Å². The molecule has 178 valence electrons. The minimum absolute atomic E-state index is 0.0234. The van der Waals surface area contributed by atoms with Crippen molar-refractivity contribution in [1.29, 1.82) is 0 Å². The van der Waals surface area contributed by atoms with Gasteiger partial charge in [-0.2, -0.15) is 8.61 Å². The second-order valence-corrected chi connectivity index (χ2v) is 13.4. The summed E-state index contributed by atoms with van der Waals surface area (Å²) < 4.78 is 56.9. The van der Waals surface area contributed by atoms with Crippen LogP contribution in [0.2, 0.25) is 0 Å². The Morgan fingerprint density at radius 2 is 1.24 bits per heavy atom. The van der Waals surface area contributed by atoms with Crippen LogP contribution in [0.1, 0.15) is 25.0 Å². The molecule has 33 heavy (non-hydrogen) atoms. The van der Waals surface area contributed by atoms with E-state index in [1.54, 1.807) is 52.8 Å². The van der Waals surface area contributed by atoms with Gasteiger partial charge in [-0.1, -0.05) is 61.4 Å². The molecule has 3 unspecified atom stereocenters. The second-order valence-electron chi connectivity index (χ2n) is 9.57. The predicted molar refractivity (Wildman–Crippen MR) is 130 cm³/mol. The fourth-order valence-electron chi connectivity index (χ4n) is 4.69. The Morgan fingerprint density at radius 1 is 0.727 bits per heavy atom. The summed E-state index contributed by atoms with van der Waals surface area (Å²) in [5, 5.41) is 0. The van der Waals surface area contributed by atoms with Crippen molar-refractivity contribution >= 4 is 20.0 Å². The number of nitrogens with zero attached hydrogens (tertiary/aromatic N) is 2. The van der Waals surface area contributed by atoms with Crippen LogP contribution in [0.3, 0.4) is 0 Å². The maximum Gasteiger partial charge on any atom is 0.243 e. The Hall–Kier alpha value is -2.00. The molecule has 0 N–H and O–H groups in total. The Morgan fingerprint density at radius 3 is 1.76 bits per heavy atom. The molecule has 0 aromatic heterocycles. The van der Waals surface area contributed by atoms with Gasteiger partial charge in [-0.25, -0.2) is 16.8 Å². The van der Waals surface area contributed by atoms with Crippen LogP contribution in [-0.4, -0.2) is 51.1 Å². The van der Waals surface area contributed by atoms with E-state index in [0.29, 0.717) is 13.1 Å². The molecule has 0 radical (unpaired) electrons. The van der Waals surface area contributed by atoms with Gasteiger partial charge >= 0.3 is 0 Å². The van der Waals surface area contributed by atoms with Crippen LogP contribution in [0, 0.1) is 31.6 Å². The first-order valence-corrected chi connectivity index (χ1v) is 14.2. The molecule has 2 aliphatic heterocycles. The first-order chi connectivity index (χ1) is 15.5. The van der Waals surface area contributed by atoms with Crippen molar-refractivity contribution in [3.05, 3.63) is 71.8 Å². The highest BCUT2D eigenvalue weighted by molar-refractivity contribution is 7.89. The van der Waals surface area contributed by atoms with Gasteiger partial charge in [0.25, 0.3) is 0 Å². The lowest BCUT2D eigenvalue weighted by Gasteiger charge is -2.32. The van der Waals surface area contributed by atoms with E-state index in [1.807, 2.05) is 39.8 Å². The summed E-state index contributed by atoms with van der Waals surface area (Å²) in [6, 6.07) is 13.5. The van der Waals surface area contributed by atoms with Crippen LogP contribution in [0.5, 0.6) is 0 Å². The van der Waals surface area contributed by atoms with E-state index in [9.17, 15) is 16.8 Å². The minimum atomic E-state index is -3.73. The molecule has 0 amide bonds. The molecule has 0 spiro atoms. The van der Waals surface area contributed by atoms with Crippen molar-refractivity contribution in [3.8, 4) is 0 Å². The average molecular weight is 489 g/mol. The van der Waals surface area contributed by atoms with Gasteiger partial charge in [-0.3, -0.25) is 0 Å². The SMILES string of the molecule is Cc1ccc(S(=O)(=O)N2CC3C=CC(C(C)C)N(S(=O)(=O)c4ccc(C)cc4)CC3C2)cc1. The molecular weight excluding hydrogens is 456 g/mol. The molecule has 2 aromatic rings. The maximum absolute atomic E-state index is 13.6. The van der Waals surface area contributed by atoms with E-state index in [2.05, 4.69) is 0 Å². The quantitative estimate of drug-likeness (QED) is 0.600. The fraction of sp³-hybridized carbons (Fsp3) is 0.440. The molecule has 4 rings (SSSR count). The monoisotopic (exact) mass is 488 g/mol. The highest BCUT2D eigenvalue weighted by Crippen LogP contribution is 2.36. The van der Waals surface area contributed by atoms with Gasteiger partial charge in [0.2, 0.25) is 20.0 Å². The van der Waals surface area contributed by atoms with Crippen LogP contribution >= 0.6 is 0 Å². The zero-order valence-electron chi connectivity index (χ0n) is 19.5. The molecule has 0 bridgehead atoms. The summed E-state index contributed by atoms with van der Waals surface area (Å²) in [7, 11) is -7.36. The van der Waals surface area contributed by atoms with E-state index >= 15 is 0 Å². The van der Waals surface area contributed by atoms with Crippen molar-refractivity contribution in [2.75, 3.05) is 19.6 Å². The lowest BCUT2D eigenvalue weighted by molar-refractivity contribution is 0.267. The third-order valence-electron chi connectivity index (χ3n) is 6.73. The second kappa shape index (κ2) is 8.98. The molecule has 2 aromatic carbocycles. The first-order valence-electron chi connectivity index (χ1n) is 11.3. The van der Waals surface area contributed by atoms with Gasteiger partial charge < -0.3 is 0 Å². The number of sulfonamides is 2. The summed E-state index contributed by atoms with van der Waals surface area (Å²) in [5.74, 6) is -0.0390. The van der Waals surface area contributed by atoms with E-state index < -0.39 is 20.0 Å². The standard InChI is InChI=1S/C25H32N2O4S2/c1-18(2)25-14-9-21-15-26(32(28,29)23-10-5-19(3)6-11-23)16-22(21)17-27(25)33(30,31)24-12-7-20(4)8-13-24/h5-14,18,21-22,25H,15-17H2,1-4H3. The maximum atomic E-state index is 13.6. The van der Waals surface area contributed by atoms with Crippen LogP contribution in [0.25, 0.3) is 0 Å².